The zero-order valence-corrected chi connectivity index (χ0v) is 7.45. The highest BCUT2D eigenvalue weighted by atomic mass is 19.4. The minimum Gasteiger partial charge on any atom is -0.364 e. The standard InChI is InChI=1S/C10H6F3NO/c11-10(12,13)8-4-2-1-3-7(8)9-5-6-15-14-9/h1-6H. The molecule has 0 amide bonds. The quantitative estimate of drug-likeness (QED) is 0.725. The van der Waals surface area contributed by atoms with Crippen LogP contribution >= 0.6 is 0 Å². The Morgan fingerprint density at radius 3 is 2.40 bits per heavy atom. The van der Waals surface area contributed by atoms with Crippen molar-refractivity contribution in [2.24, 2.45) is 0 Å². The van der Waals surface area contributed by atoms with Gasteiger partial charge in [0.05, 0.1) is 5.56 Å². The van der Waals surface area contributed by atoms with Crippen LogP contribution < -0.4 is 0 Å². The number of hydrogen-bond donors (Lipinski definition) is 0. The molecule has 2 nitrogen and oxygen atoms in total. The third-order valence-electron chi connectivity index (χ3n) is 1.95. The molecule has 2 rings (SSSR count). The van der Waals surface area contributed by atoms with E-state index in [1.165, 1.54) is 30.5 Å². The molecule has 0 saturated heterocycles. The van der Waals surface area contributed by atoms with Crippen molar-refractivity contribution in [1.29, 1.82) is 0 Å². The summed E-state index contributed by atoms with van der Waals surface area (Å²) >= 11 is 0. The molecule has 0 bridgehead atoms. The third-order valence-corrected chi connectivity index (χ3v) is 1.95. The van der Waals surface area contributed by atoms with Crippen LogP contribution in [-0.4, -0.2) is 5.16 Å². The maximum Gasteiger partial charge on any atom is 0.417 e. The lowest BCUT2D eigenvalue weighted by atomic mass is 10.0. The first-order valence-electron chi connectivity index (χ1n) is 4.16. The third kappa shape index (κ3) is 1.86. The monoisotopic (exact) mass is 213 g/mol. The van der Waals surface area contributed by atoms with Crippen LogP contribution in [0.5, 0.6) is 0 Å². The van der Waals surface area contributed by atoms with Crippen LogP contribution in [0.15, 0.2) is 41.1 Å². The van der Waals surface area contributed by atoms with Crippen molar-refractivity contribution in [3.63, 3.8) is 0 Å². The second kappa shape index (κ2) is 3.42. The number of nitrogens with zero attached hydrogens (tertiary/aromatic N) is 1. The van der Waals surface area contributed by atoms with Gasteiger partial charge in [-0.3, -0.25) is 0 Å². The van der Waals surface area contributed by atoms with E-state index in [4.69, 9.17) is 0 Å². The summed E-state index contributed by atoms with van der Waals surface area (Å²) in [4.78, 5) is 0. The smallest absolute Gasteiger partial charge is 0.364 e. The predicted octanol–water partition coefficient (Wildman–Crippen LogP) is 3.36. The van der Waals surface area contributed by atoms with Crippen LogP contribution in [0.3, 0.4) is 0 Å². The molecule has 0 aliphatic carbocycles. The molecule has 1 aromatic carbocycles. The molecule has 78 valence electrons. The SMILES string of the molecule is FC(F)(F)c1ccccc1-c1ccon1. The Hall–Kier alpha value is -1.78. The zero-order chi connectivity index (χ0) is 10.9. The maximum absolute atomic E-state index is 12.6. The molecule has 0 N–H and O–H groups in total. The lowest BCUT2D eigenvalue weighted by molar-refractivity contribution is -0.137. The first kappa shape index (κ1) is 9.76. The average Bonchev–Trinajstić information content (AvgIpc) is 2.69. The second-order valence-corrected chi connectivity index (χ2v) is 2.93. The molecule has 0 aliphatic rings. The summed E-state index contributed by atoms with van der Waals surface area (Å²) in [6, 6.07) is 6.64. The van der Waals surface area contributed by atoms with E-state index in [-0.39, 0.29) is 11.3 Å². The molecule has 0 unspecified atom stereocenters. The van der Waals surface area contributed by atoms with Crippen molar-refractivity contribution < 1.29 is 17.7 Å². The van der Waals surface area contributed by atoms with Crippen molar-refractivity contribution in [3.8, 4) is 11.3 Å². The van der Waals surface area contributed by atoms with Gasteiger partial charge >= 0.3 is 6.18 Å². The number of alkyl halides is 3. The lowest BCUT2D eigenvalue weighted by Gasteiger charge is -2.09. The van der Waals surface area contributed by atoms with Crippen molar-refractivity contribution in [1.82, 2.24) is 5.16 Å². The van der Waals surface area contributed by atoms with Gasteiger partial charge in [-0.25, -0.2) is 0 Å². The molecule has 0 aliphatic heterocycles. The Balaban J connectivity index is 2.58. The predicted molar refractivity (Wildman–Crippen MR) is 46.9 cm³/mol. The highest BCUT2D eigenvalue weighted by molar-refractivity contribution is 5.63. The van der Waals surface area contributed by atoms with Gasteiger partial charge in [0, 0.05) is 11.6 Å². The number of hydrogen-bond acceptors (Lipinski definition) is 2. The molecule has 0 atom stereocenters. The van der Waals surface area contributed by atoms with Gasteiger partial charge in [-0.1, -0.05) is 23.4 Å². The summed E-state index contributed by atoms with van der Waals surface area (Å²) in [7, 11) is 0. The normalized spacial score (nSPS) is 11.7. The Bertz CT molecular complexity index is 448. The first-order valence-corrected chi connectivity index (χ1v) is 4.16. The molecule has 0 spiro atoms. The summed E-state index contributed by atoms with van der Waals surface area (Å²) in [5.41, 5.74) is -0.499. The summed E-state index contributed by atoms with van der Waals surface area (Å²) < 4.78 is 42.3. The van der Waals surface area contributed by atoms with Crippen LogP contribution in [0.4, 0.5) is 13.2 Å². The fourth-order valence-corrected chi connectivity index (χ4v) is 1.31. The summed E-state index contributed by atoms with van der Waals surface area (Å²) in [6.45, 7) is 0. The van der Waals surface area contributed by atoms with Crippen LogP contribution in [0.25, 0.3) is 11.3 Å². The summed E-state index contributed by atoms with van der Waals surface area (Å²) in [6.07, 6.45) is -3.14. The fourth-order valence-electron chi connectivity index (χ4n) is 1.31. The van der Waals surface area contributed by atoms with Gasteiger partial charge < -0.3 is 4.52 Å². The van der Waals surface area contributed by atoms with Gasteiger partial charge in [-0.2, -0.15) is 13.2 Å². The molecule has 0 saturated carbocycles. The Morgan fingerprint density at radius 1 is 1.07 bits per heavy atom. The highest BCUT2D eigenvalue weighted by Crippen LogP contribution is 2.36. The Morgan fingerprint density at radius 2 is 1.80 bits per heavy atom. The van der Waals surface area contributed by atoms with Gasteiger partial charge in [0.1, 0.15) is 12.0 Å². The highest BCUT2D eigenvalue weighted by Gasteiger charge is 2.33. The number of rotatable bonds is 1. The van der Waals surface area contributed by atoms with E-state index in [9.17, 15) is 13.2 Å². The van der Waals surface area contributed by atoms with E-state index >= 15 is 0 Å². The minimum atomic E-state index is -4.38. The minimum absolute atomic E-state index is 0.0266. The van der Waals surface area contributed by atoms with E-state index in [1.54, 1.807) is 0 Å². The molecule has 0 fully saturated rings. The number of aromatic nitrogens is 1. The molecule has 15 heavy (non-hydrogen) atoms. The van der Waals surface area contributed by atoms with E-state index < -0.39 is 11.7 Å². The van der Waals surface area contributed by atoms with Crippen LogP contribution in [-0.2, 0) is 6.18 Å². The van der Waals surface area contributed by atoms with Gasteiger partial charge in [-0.05, 0) is 6.07 Å². The topological polar surface area (TPSA) is 26.0 Å². The van der Waals surface area contributed by atoms with Gasteiger partial charge in [-0.15, -0.1) is 0 Å². The van der Waals surface area contributed by atoms with Crippen LogP contribution in [0.1, 0.15) is 5.56 Å². The molecule has 1 aromatic heterocycles. The van der Waals surface area contributed by atoms with Crippen molar-refractivity contribution in [2.45, 2.75) is 6.18 Å². The van der Waals surface area contributed by atoms with E-state index in [0.717, 1.165) is 6.07 Å². The molecule has 2 aromatic rings. The number of halogens is 3. The van der Waals surface area contributed by atoms with Gasteiger partial charge in [0.25, 0.3) is 0 Å². The van der Waals surface area contributed by atoms with E-state index in [0.29, 0.717) is 0 Å². The van der Waals surface area contributed by atoms with Crippen LogP contribution in [0.2, 0.25) is 0 Å². The molecule has 0 radical (unpaired) electrons. The first-order chi connectivity index (χ1) is 7.09. The van der Waals surface area contributed by atoms with Gasteiger partial charge in [0.15, 0.2) is 0 Å². The Labute approximate surface area is 83.3 Å². The zero-order valence-electron chi connectivity index (χ0n) is 7.45. The van der Waals surface area contributed by atoms with E-state index in [2.05, 4.69) is 9.68 Å². The summed E-state index contributed by atoms with van der Waals surface area (Å²) in [5, 5.41) is 3.49. The van der Waals surface area contributed by atoms with Crippen LogP contribution in [0, 0.1) is 0 Å². The van der Waals surface area contributed by atoms with Gasteiger partial charge in [0.2, 0.25) is 0 Å². The summed E-state index contributed by atoms with van der Waals surface area (Å²) in [5.74, 6) is 0. The van der Waals surface area contributed by atoms with Crippen molar-refractivity contribution in [2.75, 3.05) is 0 Å². The lowest BCUT2D eigenvalue weighted by Crippen LogP contribution is -2.06. The van der Waals surface area contributed by atoms with Crippen molar-refractivity contribution in [3.05, 3.63) is 42.2 Å². The molecule has 1 heterocycles. The Kier molecular flexibility index (Phi) is 2.22. The second-order valence-electron chi connectivity index (χ2n) is 2.93. The largest absolute Gasteiger partial charge is 0.417 e. The maximum atomic E-state index is 12.6. The van der Waals surface area contributed by atoms with E-state index in [1.807, 2.05) is 0 Å². The molecular formula is C10H6F3NO. The number of benzene rings is 1. The molecular weight excluding hydrogens is 207 g/mol. The fraction of sp³-hybridized carbons (Fsp3) is 0.100. The van der Waals surface area contributed by atoms with Crippen molar-refractivity contribution >= 4 is 0 Å². The average molecular weight is 213 g/mol. The molecule has 5 heteroatoms.